The number of imide groups is 1. The van der Waals surface area contributed by atoms with Gasteiger partial charge in [-0.3, -0.25) is 14.5 Å². The first-order valence-electron chi connectivity index (χ1n) is 7.14. The summed E-state index contributed by atoms with van der Waals surface area (Å²) in [5, 5.41) is 11.3. The van der Waals surface area contributed by atoms with E-state index in [1.165, 1.54) is 13.8 Å². The van der Waals surface area contributed by atoms with Gasteiger partial charge < -0.3 is 15.2 Å². The second kappa shape index (κ2) is 6.39. The number of carbonyl (C=O) groups is 4. The van der Waals surface area contributed by atoms with Crippen LogP contribution in [0.5, 0.6) is 0 Å². The van der Waals surface area contributed by atoms with E-state index in [9.17, 15) is 19.2 Å². The SMILES string of the molecule is C/C(C(=O)O)=C(/C)C(=O)N1C(=O)[C@@H](NC(=O)OC(C)(C)C)[C@@H]1C. The molecule has 0 bridgehead atoms. The van der Waals surface area contributed by atoms with Gasteiger partial charge in [-0.15, -0.1) is 0 Å². The van der Waals surface area contributed by atoms with Crippen molar-refractivity contribution < 1.29 is 29.0 Å². The minimum absolute atomic E-state index is 0.0200. The third-order valence-corrected chi connectivity index (χ3v) is 3.49. The van der Waals surface area contributed by atoms with E-state index in [4.69, 9.17) is 9.84 Å². The lowest BCUT2D eigenvalue weighted by Crippen LogP contribution is -2.71. The van der Waals surface area contributed by atoms with Crippen molar-refractivity contribution in [2.75, 3.05) is 0 Å². The molecule has 0 aliphatic carbocycles. The van der Waals surface area contributed by atoms with Crippen molar-refractivity contribution in [1.29, 1.82) is 0 Å². The highest BCUT2D eigenvalue weighted by Crippen LogP contribution is 2.23. The van der Waals surface area contributed by atoms with Crippen molar-refractivity contribution in [2.45, 2.75) is 59.2 Å². The largest absolute Gasteiger partial charge is 0.478 e. The Morgan fingerprint density at radius 2 is 1.70 bits per heavy atom. The van der Waals surface area contributed by atoms with E-state index < -0.39 is 41.6 Å². The normalized spacial score (nSPS) is 22.0. The van der Waals surface area contributed by atoms with Gasteiger partial charge >= 0.3 is 12.1 Å². The molecular weight excluding hydrogens is 304 g/mol. The van der Waals surface area contributed by atoms with E-state index >= 15 is 0 Å². The van der Waals surface area contributed by atoms with Gasteiger partial charge in [0.2, 0.25) is 0 Å². The predicted octanol–water partition coefficient (Wildman–Crippen LogP) is 1.06. The monoisotopic (exact) mass is 326 g/mol. The van der Waals surface area contributed by atoms with Gasteiger partial charge in [0.05, 0.1) is 6.04 Å². The Morgan fingerprint density at radius 1 is 1.17 bits per heavy atom. The van der Waals surface area contributed by atoms with Crippen LogP contribution in [0.2, 0.25) is 0 Å². The highest BCUT2D eigenvalue weighted by molar-refractivity contribution is 6.12. The number of ether oxygens (including phenoxy) is 1. The van der Waals surface area contributed by atoms with E-state index in [0.717, 1.165) is 4.90 Å². The first-order valence-corrected chi connectivity index (χ1v) is 7.14. The Balaban J connectivity index is 2.78. The Labute approximate surface area is 134 Å². The van der Waals surface area contributed by atoms with Gasteiger partial charge in [-0.2, -0.15) is 0 Å². The van der Waals surface area contributed by atoms with E-state index in [0.29, 0.717) is 0 Å². The topological polar surface area (TPSA) is 113 Å². The van der Waals surface area contributed by atoms with E-state index in [-0.39, 0.29) is 11.1 Å². The number of carbonyl (C=O) groups excluding carboxylic acids is 3. The van der Waals surface area contributed by atoms with Crippen LogP contribution >= 0.6 is 0 Å². The molecule has 8 nitrogen and oxygen atoms in total. The summed E-state index contributed by atoms with van der Waals surface area (Å²) in [6.07, 6.45) is -0.747. The van der Waals surface area contributed by atoms with Gasteiger partial charge in [0.1, 0.15) is 11.6 Å². The van der Waals surface area contributed by atoms with Crippen LogP contribution in [0.15, 0.2) is 11.1 Å². The van der Waals surface area contributed by atoms with Crippen LogP contribution in [-0.2, 0) is 19.1 Å². The zero-order valence-electron chi connectivity index (χ0n) is 14.1. The molecule has 23 heavy (non-hydrogen) atoms. The number of β-lactam (4-membered cyclic amide) rings is 1. The first-order chi connectivity index (χ1) is 10.4. The summed E-state index contributed by atoms with van der Waals surface area (Å²) in [5.74, 6) is -2.49. The Hall–Kier alpha value is -2.38. The summed E-state index contributed by atoms with van der Waals surface area (Å²) < 4.78 is 5.06. The van der Waals surface area contributed by atoms with E-state index in [1.807, 2.05) is 0 Å². The molecule has 128 valence electrons. The van der Waals surface area contributed by atoms with E-state index in [2.05, 4.69) is 5.32 Å². The molecule has 1 fully saturated rings. The number of nitrogens with zero attached hydrogens (tertiary/aromatic N) is 1. The Kier molecular flexibility index (Phi) is 5.19. The number of nitrogens with one attached hydrogen (secondary N) is 1. The molecule has 1 heterocycles. The van der Waals surface area contributed by atoms with Gasteiger partial charge in [-0.25, -0.2) is 9.59 Å². The summed E-state index contributed by atoms with van der Waals surface area (Å²) in [5.41, 5.74) is -0.847. The average Bonchev–Trinajstić information content (AvgIpc) is 2.41. The van der Waals surface area contributed by atoms with Crippen LogP contribution < -0.4 is 5.32 Å². The molecule has 1 aliphatic heterocycles. The maximum atomic E-state index is 12.2. The molecule has 2 N–H and O–H groups in total. The number of likely N-dealkylation sites (tertiary alicyclic amines) is 1. The van der Waals surface area contributed by atoms with Crippen LogP contribution in [0.4, 0.5) is 4.79 Å². The molecule has 3 amide bonds. The third-order valence-electron chi connectivity index (χ3n) is 3.49. The van der Waals surface area contributed by atoms with Gasteiger partial charge in [0.25, 0.3) is 11.8 Å². The number of rotatable bonds is 3. The fourth-order valence-corrected chi connectivity index (χ4v) is 2.03. The zero-order chi connectivity index (χ0) is 18.1. The third kappa shape index (κ3) is 4.08. The molecule has 0 spiro atoms. The van der Waals surface area contributed by atoms with Gasteiger partial charge in [-0.1, -0.05) is 0 Å². The minimum Gasteiger partial charge on any atom is -0.478 e. The van der Waals surface area contributed by atoms with Gasteiger partial charge in [0.15, 0.2) is 0 Å². The van der Waals surface area contributed by atoms with Gasteiger partial charge in [0, 0.05) is 11.1 Å². The first kappa shape index (κ1) is 18.7. The highest BCUT2D eigenvalue weighted by Gasteiger charge is 2.49. The molecule has 0 aromatic carbocycles. The minimum atomic E-state index is -1.22. The van der Waals surface area contributed by atoms with Crippen molar-refractivity contribution in [3.05, 3.63) is 11.1 Å². The number of aliphatic carboxylic acids is 1. The van der Waals surface area contributed by atoms with Crippen LogP contribution in [0.1, 0.15) is 41.5 Å². The molecule has 1 rings (SSSR count). The summed E-state index contributed by atoms with van der Waals surface area (Å²) in [6.45, 7) is 9.30. The van der Waals surface area contributed by atoms with Crippen LogP contribution in [0.3, 0.4) is 0 Å². The lowest BCUT2D eigenvalue weighted by atomic mass is 9.95. The quantitative estimate of drug-likeness (QED) is 0.592. The maximum absolute atomic E-state index is 12.2. The molecule has 0 saturated carbocycles. The molecule has 8 heteroatoms. The molecule has 1 saturated heterocycles. The van der Waals surface area contributed by atoms with Crippen LogP contribution in [-0.4, -0.2) is 51.6 Å². The van der Waals surface area contributed by atoms with Crippen molar-refractivity contribution >= 4 is 23.9 Å². The highest BCUT2D eigenvalue weighted by atomic mass is 16.6. The van der Waals surface area contributed by atoms with Crippen molar-refractivity contribution in [2.24, 2.45) is 0 Å². The van der Waals surface area contributed by atoms with Crippen molar-refractivity contribution in [3.8, 4) is 0 Å². The number of carboxylic acids is 1. The fraction of sp³-hybridized carbons (Fsp3) is 0.600. The zero-order valence-corrected chi connectivity index (χ0v) is 14.1. The molecule has 2 atom stereocenters. The van der Waals surface area contributed by atoms with Crippen molar-refractivity contribution in [1.82, 2.24) is 10.2 Å². The lowest BCUT2D eigenvalue weighted by Gasteiger charge is -2.44. The Bertz CT molecular complexity index is 587. The predicted molar refractivity (Wildman–Crippen MR) is 80.5 cm³/mol. The molecule has 0 radical (unpaired) electrons. The number of hydrogen-bond donors (Lipinski definition) is 2. The number of alkyl carbamates (subject to hydrolysis) is 1. The van der Waals surface area contributed by atoms with Crippen LogP contribution in [0.25, 0.3) is 0 Å². The molecular formula is C15H22N2O6. The average molecular weight is 326 g/mol. The molecule has 1 aliphatic rings. The molecule has 0 unspecified atom stereocenters. The second-order valence-electron chi connectivity index (χ2n) is 6.43. The van der Waals surface area contributed by atoms with E-state index in [1.54, 1.807) is 27.7 Å². The van der Waals surface area contributed by atoms with Gasteiger partial charge in [-0.05, 0) is 41.5 Å². The number of carboxylic acid groups (broad SMARTS) is 1. The summed E-state index contributed by atoms with van der Waals surface area (Å²) in [6, 6.07) is -1.45. The molecule has 0 aromatic heterocycles. The summed E-state index contributed by atoms with van der Waals surface area (Å²) in [7, 11) is 0. The second-order valence-corrected chi connectivity index (χ2v) is 6.43. The summed E-state index contributed by atoms with van der Waals surface area (Å²) >= 11 is 0. The Morgan fingerprint density at radius 3 is 2.09 bits per heavy atom. The molecule has 0 aromatic rings. The smallest absolute Gasteiger partial charge is 0.408 e. The lowest BCUT2D eigenvalue weighted by molar-refractivity contribution is -0.159. The number of hydrogen-bond acceptors (Lipinski definition) is 5. The maximum Gasteiger partial charge on any atom is 0.408 e. The van der Waals surface area contributed by atoms with Crippen LogP contribution in [0, 0.1) is 0 Å². The fourth-order valence-electron chi connectivity index (χ4n) is 2.03. The summed E-state index contributed by atoms with van der Waals surface area (Å²) in [4.78, 5) is 47.8. The standard InChI is InChI=1S/C15H22N2O6/c1-7(8(2)13(20)21)11(18)17-9(3)10(12(17)19)16-14(22)23-15(4,5)6/h9-10H,1-6H3,(H,16,22)(H,20,21)/b8-7+/t9-,10-/m0/s1. The van der Waals surface area contributed by atoms with Crippen molar-refractivity contribution in [3.63, 3.8) is 0 Å². The number of amides is 3.